The summed E-state index contributed by atoms with van der Waals surface area (Å²) in [5.74, 6) is 0. The maximum atomic E-state index is 4.17. The first-order chi connectivity index (χ1) is 8.70. The Labute approximate surface area is 107 Å². The molecule has 0 N–H and O–H groups in total. The zero-order chi connectivity index (χ0) is 13.1. The second-order valence-electron chi connectivity index (χ2n) is 4.10. The summed E-state index contributed by atoms with van der Waals surface area (Å²) in [6.07, 6.45) is 7.86. The van der Waals surface area contributed by atoms with Crippen LogP contribution >= 0.6 is 0 Å². The fourth-order valence-corrected chi connectivity index (χ4v) is 2.12. The summed E-state index contributed by atoms with van der Waals surface area (Å²) in [5, 5.41) is 3.26. The van der Waals surface area contributed by atoms with Crippen molar-refractivity contribution in [2.24, 2.45) is 0 Å². The van der Waals surface area contributed by atoms with E-state index < -0.39 is 0 Å². The van der Waals surface area contributed by atoms with Gasteiger partial charge in [0.2, 0.25) is 0 Å². The van der Waals surface area contributed by atoms with Crippen molar-refractivity contribution in [3.8, 4) is 0 Å². The van der Waals surface area contributed by atoms with Gasteiger partial charge in [-0.3, -0.25) is 0 Å². The summed E-state index contributed by atoms with van der Waals surface area (Å²) in [6.45, 7) is 14.0. The molecular weight excluding hydrogens is 218 g/mol. The maximum Gasteiger partial charge on any atom is 0.0540 e. The second-order valence-corrected chi connectivity index (χ2v) is 4.10. The Bertz CT molecular complexity index is 742. The van der Waals surface area contributed by atoms with E-state index in [0.29, 0.717) is 0 Å². The van der Waals surface area contributed by atoms with Crippen molar-refractivity contribution in [2.45, 2.75) is 6.92 Å². The molecule has 0 aliphatic rings. The Morgan fingerprint density at radius 3 is 2.67 bits per heavy atom. The molecule has 0 aliphatic heterocycles. The summed E-state index contributed by atoms with van der Waals surface area (Å²) in [6, 6.07) is 8.24. The maximum absolute atomic E-state index is 4.17. The number of nitrogens with zero attached hydrogens (tertiary/aromatic N) is 1. The molecular formula is C17H17N. The van der Waals surface area contributed by atoms with Crippen LogP contribution < -0.4 is 10.6 Å². The number of fused-ring (bicyclic) bond motifs is 1. The number of hydrogen-bond donors (Lipinski definition) is 0. The van der Waals surface area contributed by atoms with E-state index in [1.807, 2.05) is 35.8 Å². The lowest BCUT2D eigenvalue weighted by Gasteiger charge is -2.04. The normalized spacial score (nSPS) is 12.4. The van der Waals surface area contributed by atoms with Crippen molar-refractivity contribution < 1.29 is 0 Å². The van der Waals surface area contributed by atoms with Crippen molar-refractivity contribution in [1.82, 2.24) is 4.57 Å². The molecule has 0 aliphatic carbocycles. The molecule has 1 aromatic carbocycles. The van der Waals surface area contributed by atoms with Gasteiger partial charge in [0.15, 0.2) is 0 Å². The highest BCUT2D eigenvalue weighted by molar-refractivity contribution is 5.86. The lowest BCUT2D eigenvalue weighted by molar-refractivity contribution is 1.12. The van der Waals surface area contributed by atoms with E-state index in [9.17, 15) is 0 Å². The molecule has 0 saturated heterocycles. The zero-order valence-electron chi connectivity index (χ0n) is 10.7. The van der Waals surface area contributed by atoms with Gasteiger partial charge in [0.25, 0.3) is 0 Å². The third-order valence-electron chi connectivity index (χ3n) is 2.99. The van der Waals surface area contributed by atoms with Crippen LogP contribution in [0.15, 0.2) is 55.7 Å². The first-order valence-electron chi connectivity index (χ1n) is 5.93. The monoisotopic (exact) mass is 235 g/mol. The van der Waals surface area contributed by atoms with E-state index in [1.165, 1.54) is 5.39 Å². The smallest absolute Gasteiger partial charge is 0.0540 e. The SMILES string of the molecule is C=CC(=C)n1c(=C)/c(=C\C=C/C)c2ccccc21. The van der Waals surface area contributed by atoms with Crippen LogP contribution in [0, 0.1) is 0 Å². The Kier molecular flexibility index (Phi) is 3.33. The Morgan fingerprint density at radius 2 is 2.00 bits per heavy atom. The minimum absolute atomic E-state index is 0.844. The summed E-state index contributed by atoms with van der Waals surface area (Å²) in [5.41, 5.74) is 1.96. The van der Waals surface area contributed by atoms with E-state index in [-0.39, 0.29) is 0 Å². The number of benzene rings is 1. The molecule has 2 rings (SSSR count). The standard InChI is InChI=1S/C17H17N/c1-5-7-10-15-14(4)18(13(3)6-2)17-12-9-8-11-16(15)17/h5-12H,2-4H2,1H3/b7-5-,15-10+. The fourth-order valence-electron chi connectivity index (χ4n) is 2.12. The van der Waals surface area contributed by atoms with E-state index in [2.05, 4.69) is 37.9 Å². The molecule has 2 aromatic rings. The summed E-state index contributed by atoms with van der Waals surface area (Å²) < 4.78 is 2.04. The van der Waals surface area contributed by atoms with E-state index in [4.69, 9.17) is 0 Å². The molecule has 18 heavy (non-hydrogen) atoms. The minimum atomic E-state index is 0.844. The van der Waals surface area contributed by atoms with Gasteiger partial charge in [0, 0.05) is 21.7 Å². The largest absolute Gasteiger partial charge is 0.310 e. The van der Waals surface area contributed by atoms with Crippen LogP contribution in [-0.4, -0.2) is 4.57 Å². The molecule has 1 aromatic heterocycles. The Hall–Kier alpha value is -2.28. The van der Waals surface area contributed by atoms with Crippen molar-refractivity contribution in [1.29, 1.82) is 0 Å². The fraction of sp³-hybridized carbons (Fsp3) is 0.0588. The van der Waals surface area contributed by atoms with Crippen LogP contribution in [0.1, 0.15) is 6.92 Å². The van der Waals surface area contributed by atoms with Crippen molar-refractivity contribution in [3.63, 3.8) is 0 Å². The van der Waals surface area contributed by atoms with Crippen LogP contribution in [0.5, 0.6) is 0 Å². The Balaban J connectivity index is 2.98. The number of aromatic nitrogens is 1. The van der Waals surface area contributed by atoms with Gasteiger partial charge in [-0.15, -0.1) is 0 Å². The van der Waals surface area contributed by atoms with E-state index >= 15 is 0 Å². The van der Waals surface area contributed by atoms with Crippen molar-refractivity contribution in [2.75, 3.05) is 0 Å². The van der Waals surface area contributed by atoms with Gasteiger partial charge in [-0.05, 0) is 19.1 Å². The summed E-state index contributed by atoms with van der Waals surface area (Å²) in [7, 11) is 0. The number of para-hydroxylation sites is 1. The van der Waals surface area contributed by atoms with Gasteiger partial charge < -0.3 is 4.57 Å². The number of allylic oxidation sites excluding steroid dienone is 4. The average molecular weight is 235 g/mol. The summed E-state index contributed by atoms with van der Waals surface area (Å²) in [4.78, 5) is 0. The highest BCUT2D eigenvalue weighted by atomic mass is 15.0. The van der Waals surface area contributed by atoms with Crippen molar-refractivity contribution in [3.05, 3.63) is 66.2 Å². The molecule has 0 atom stereocenters. The predicted molar refractivity (Wildman–Crippen MR) is 81.5 cm³/mol. The first kappa shape index (κ1) is 12.2. The average Bonchev–Trinajstić information content (AvgIpc) is 2.68. The first-order valence-corrected chi connectivity index (χ1v) is 5.93. The number of rotatable bonds is 3. The Morgan fingerprint density at radius 1 is 1.28 bits per heavy atom. The lowest BCUT2D eigenvalue weighted by Crippen LogP contribution is -2.26. The third-order valence-corrected chi connectivity index (χ3v) is 2.99. The van der Waals surface area contributed by atoms with Gasteiger partial charge in [0.05, 0.1) is 5.52 Å². The molecule has 90 valence electrons. The number of hydrogen-bond acceptors (Lipinski definition) is 0. The quantitative estimate of drug-likeness (QED) is 0.721. The zero-order valence-corrected chi connectivity index (χ0v) is 10.7. The van der Waals surface area contributed by atoms with Crippen molar-refractivity contribution >= 4 is 29.3 Å². The van der Waals surface area contributed by atoms with Gasteiger partial charge in [0.1, 0.15) is 0 Å². The molecule has 0 fully saturated rings. The van der Waals surface area contributed by atoms with Crippen LogP contribution in [0.4, 0.5) is 0 Å². The topological polar surface area (TPSA) is 4.93 Å². The van der Waals surface area contributed by atoms with Crippen LogP contribution in [0.25, 0.3) is 29.3 Å². The second kappa shape index (κ2) is 4.92. The molecule has 0 radical (unpaired) electrons. The van der Waals surface area contributed by atoms with Gasteiger partial charge in [-0.1, -0.05) is 56.2 Å². The predicted octanol–water partition coefficient (Wildman–Crippen LogP) is 3.06. The minimum Gasteiger partial charge on any atom is -0.310 e. The highest BCUT2D eigenvalue weighted by Gasteiger charge is 2.05. The lowest BCUT2D eigenvalue weighted by atomic mass is 10.2. The van der Waals surface area contributed by atoms with Crippen LogP contribution in [0.2, 0.25) is 0 Å². The molecule has 0 saturated carbocycles. The molecule has 0 spiro atoms. The van der Waals surface area contributed by atoms with Crippen LogP contribution in [0.3, 0.4) is 0 Å². The molecule has 1 heterocycles. The molecule has 0 unspecified atom stereocenters. The molecule has 0 bridgehead atoms. The molecule has 1 heteroatoms. The summed E-state index contributed by atoms with van der Waals surface area (Å²) >= 11 is 0. The molecule has 0 amide bonds. The highest BCUT2D eigenvalue weighted by Crippen LogP contribution is 2.12. The van der Waals surface area contributed by atoms with Gasteiger partial charge in [-0.25, -0.2) is 0 Å². The molecule has 1 nitrogen and oxygen atoms in total. The van der Waals surface area contributed by atoms with Gasteiger partial charge in [-0.2, -0.15) is 0 Å². The van der Waals surface area contributed by atoms with Gasteiger partial charge >= 0.3 is 0 Å². The van der Waals surface area contributed by atoms with E-state index in [1.54, 1.807) is 6.08 Å². The van der Waals surface area contributed by atoms with Crippen LogP contribution in [-0.2, 0) is 0 Å². The van der Waals surface area contributed by atoms with E-state index in [0.717, 1.165) is 21.8 Å². The third kappa shape index (κ3) is 1.84.